The maximum absolute atomic E-state index is 12.6. The summed E-state index contributed by atoms with van der Waals surface area (Å²) in [6, 6.07) is 6.08. The largest absolute Gasteiger partial charge is 0.466 e. The fraction of sp³-hybridized carbons (Fsp3) is 0.500. The van der Waals surface area contributed by atoms with Crippen LogP contribution in [0.5, 0.6) is 0 Å². The van der Waals surface area contributed by atoms with Crippen molar-refractivity contribution < 1.29 is 23.8 Å². The Balaban J connectivity index is 1.59. The van der Waals surface area contributed by atoms with Crippen molar-refractivity contribution in [3.05, 3.63) is 46.1 Å². The van der Waals surface area contributed by atoms with Crippen LogP contribution in [0.4, 0.5) is 4.79 Å². The highest BCUT2D eigenvalue weighted by Crippen LogP contribution is 2.33. The number of halogens is 1. The number of benzene rings is 1. The van der Waals surface area contributed by atoms with Crippen molar-refractivity contribution in [2.45, 2.75) is 24.7 Å². The topological polar surface area (TPSA) is 89.1 Å². The van der Waals surface area contributed by atoms with E-state index in [1.807, 2.05) is 6.07 Å². The summed E-state index contributed by atoms with van der Waals surface area (Å²) in [7, 11) is 1.33. The van der Waals surface area contributed by atoms with Crippen molar-refractivity contribution in [2.75, 3.05) is 40.0 Å². The van der Waals surface area contributed by atoms with Gasteiger partial charge in [-0.2, -0.15) is 0 Å². The monoisotopic (exact) mass is 421 g/mol. The van der Waals surface area contributed by atoms with Gasteiger partial charge < -0.3 is 24.8 Å². The first-order chi connectivity index (χ1) is 14.0. The van der Waals surface area contributed by atoms with Crippen LogP contribution in [0.25, 0.3) is 0 Å². The third-order valence-electron chi connectivity index (χ3n) is 5.55. The lowest BCUT2D eigenvalue weighted by atomic mass is 9.94. The number of esters is 1. The standard InChI is InChI=1S/C20H24ClN3O5/c1-27-18(25)16-15(12-24-7-5-20(6-8-24)28-9-10-29-20)22-19(26)23-17(16)13-3-2-4-14(21)11-13/h2-4,11,17H,5-10,12H2,1H3,(H2,22,23,26). The van der Waals surface area contributed by atoms with Crippen molar-refractivity contribution in [3.8, 4) is 0 Å². The Morgan fingerprint density at radius 3 is 2.69 bits per heavy atom. The van der Waals surface area contributed by atoms with E-state index in [9.17, 15) is 9.59 Å². The van der Waals surface area contributed by atoms with Crippen LogP contribution < -0.4 is 10.6 Å². The molecule has 29 heavy (non-hydrogen) atoms. The van der Waals surface area contributed by atoms with E-state index in [0.29, 0.717) is 36.1 Å². The third kappa shape index (κ3) is 4.25. The lowest BCUT2D eigenvalue weighted by molar-refractivity contribution is -0.184. The van der Waals surface area contributed by atoms with E-state index in [2.05, 4.69) is 15.5 Å². The zero-order valence-electron chi connectivity index (χ0n) is 16.2. The number of ether oxygens (including phenoxy) is 3. The zero-order chi connectivity index (χ0) is 20.4. The quantitative estimate of drug-likeness (QED) is 0.722. The molecule has 3 aliphatic heterocycles. The van der Waals surface area contributed by atoms with Gasteiger partial charge in [-0.1, -0.05) is 23.7 Å². The van der Waals surface area contributed by atoms with E-state index < -0.39 is 17.8 Å². The molecule has 0 radical (unpaired) electrons. The molecule has 1 aromatic carbocycles. The van der Waals surface area contributed by atoms with Crippen molar-refractivity contribution in [3.63, 3.8) is 0 Å². The van der Waals surface area contributed by atoms with Gasteiger partial charge in [0, 0.05) is 43.2 Å². The molecule has 1 aromatic rings. The number of carbonyl (C=O) groups excluding carboxylic acids is 2. The molecule has 1 atom stereocenters. The first kappa shape index (κ1) is 20.2. The van der Waals surface area contributed by atoms with Gasteiger partial charge in [-0.15, -0.1) is 0 Å². The highest BCUT2D eigenvalue weighted by atomic mass is 35.5. The maximum Gasteiger partial charge on any atom is 0.338 e. The van der Waals surface area contributed by atoms with E-state index in [1.54, 1.807) is 18.2 Å². The minimum Gasteiger partial charge on any atom is -0.466 e. The molecule has 0 aliphatic carbocycles. The summed E-state index contributed by atoms with van der Waals surface area (Å²) in [6.07, 6.45) is 1.50. The summed E-state index contributed by atoms with van der Waals surface area (Å²) < 4.78 is 16.6. The van der Waals surface area contributed by atoms with E-state index in [4.69, 9.17) is 25.8 Å². The number of likely N-dealkylation sites (tertiary alicyclic amines) is 1. The number of urea groups is 1. The lowest BCUT2D eigenvalue weighted by Gasteiger charge is -2.39. The molecule has 3 aliphatic rings. The molecule has 3 heterocycles. The van der Waals surface area contributed by atoms with E-state index in [-0.39, 0.29) is 6.03 Å². The Hall–Kier alpha value is -2.13. The summed E-state index contributed by atoms with van der Waals surface area (Å²) in [4.78, 5) is 27.2. The van der Waals surface area contributed by atoms with Crippen LogP contribution in [0.3, 0.4) is 0 Å². The number of methoxy groups -OCH3 is 1. The number of nitrogens with one attached hydrogen (secondary N) is 2. The summed E-state index contributed by atoms with van der Waals surface area (Å²) >= 11 is 6.12. The third-order valence-corrected chi connectivity index (χ3v) is 5.79. The fourth-order valence-electron chi connectivity index (χ4n) is 4.09. The van der Waals surface area contributed by atoms with Crippen LogP contribution in [0.15, 0.2) is 35.5 Å². The first-order valence-electron chi connectivity index (χ1n) is 9.64. The average Bonchev–Trinajstić information content (AvgIpc) is 3.17. The first-order valence-corrected chi connectivity index (χ1v) is 10.0. The van der Waals surface area contributed by atoms with Gasteiger partial charge >= 0.3 is 12.0 Å². The molecule has 0 saturated carbocycles. The summed E-state index contributed by atoms with van der Waals surface area (Å²) in [6.45, 7) is 3.15. The Labute approximate surface area is 174 Å². The highest BCUT2D eigenvalue weighted by Gasteiger charge is 2.41. The smallest absolute Gasteiger partial charge is 0.338 e. The lowest BCUT2D eigenvalue weighted by Crippen LogP contribution is -2.51. The van der Waals surface area contributed by atoms with E-state index >= 15 is 0 Å². The van der Waals surface area contributed by atoms with Crippen LogP contribution in [-0.4, -0.2) is 62.6 Å². The molecule has 9 heteroatoms. The van der Waals surface area contributed by atoms with Gasteiger partial charge in [0.15, 0.2) is 5.79 Å². The molecule has 1 spiro atoms. The van der Waals surface area contributed by atoms with Crippen molar-refractivity contribution in [2.24, 2.45) is 0 Å². The second-order valence-corrected chi connectivity index (χ2v) is 7.79. The van der Waals surface area contributed by atoms with Crippen LogP contribution >= 0.6 is 11.6 Å². The number of hydrogen-bond donors (Lipinski definition) is 2. The molecular weight excluding hydrogens is 398 g/mol. The molecule has 0 aromatic heterocycles. The van der Waals surface area contributed by atoms with Gasteiger partial charge in [-0.25, -0.2) is 9.59 Å². The molecule has 8 nitrogen and oxygen atoms in total. The van der Waals surface area contributed by atoms with Crippen molar-refractivity contribution >= 4 is 23.6 Å². The molecule has 2 amide bonds. The Bertz CT molecular complexity index is 827. The fourth-order valence-corrected chi connectivity index (χ4v) is 4.29. The molecule has 2 saturated heterocycles. The van der Waals surface area contributed by atoms with E-state index in [1.165, 1.54) is 7.11 Å². The number of amides is 2. The molecule has 156 valence electrons. The zero-order valence-corrected chi connectivity index (χ0v) is 17.0. The van der Waals surface area contributed by atoms with Gasteiger partial charge in [-0.05, 0) is 17.7 Å². The number of piperidine rings is 1. The summed E-state index contributed by atoms with van der Waals surface area (Å²) in [5, 5.41) is 6.13. The average molecular weight is 422 g/mol. The predicted molar refractivity (Wildman–Crippen MR) is 105 cm³/mol. The van der Waals surface area contributed by atoms with Gasteiger partial charge in [-0.3, -0.25) is 4.90 Å². The Morgan fingerprint density at radius 2 is 2.03 bits per heavy atom. The van der Waals surface area contributed by atoms with E-state index in [0.717, 1.165) is 31.5 Å². The highest BCUT2D eigenvalue weighted by molar-refractivity contribution is 6.30. The number of rotatable bonds is 4. The maximum atomic E-state index is 12.6. The second kappa shape index (κ2) is 8.31. The van der Waals surface area contributed by atoms with Crippen LogP contribution in [-0.2, 0) is 19.0 Å². The molecule has 2 fully saturated rings. The minimum atomic E-state index is -0.637. The molecule has 4 rings (SSSR count). The number of hydrogen-bond acceptors (Lipinski definition) is 6. The second-order valence-electron chi connectivity index (χ2n) is 7.35. The molecule has 0 bridgehead atoms. The number of nitrogens with zero attached hydrogens (tertiary/aromatic N) is 1. The Kier molecular flexibility index (Phi) is 5.78. The van der Waals surface area contributed by atoms with Crippen LogP contribution in [0, 0.1) is 0 Å². The number of carbonyl (C=O) groups is 2. The van der Waals surface area contributed by atoms with Crippen molar-refractivity contribution in [1.82, 2.24) is 15.5 Å². The Morgan fingerprint density at radius 1 is 1.31 bits per heavy atom. The normalized spacial score (nSPS) is 24.3. The van der Waals surface area contributed by atoms with Crippen LogP contribution in [0.1, 0.15) is 24.4 Å². The van der Waals surface area contributed by atoms with Crippen molar-refractivity contribution in [1.29, 1.82) is 0 Å². The SMILES string of the molecule is COC(=O)C1=C(CN2CCC3(CC2)OCCO3)NC(=O)NC1c1cccc(Cl)c1. The molecule has 1 unspecified atom stereocenters. The minimum absolute atomic E-state index is 0.367. The summed E-state index contributed by atoms with van der Waals surface area (Å²) in [5.41, 5.74) is 1.63. The van der Waals surface area contributed by atoms with Gasteiger partial charge in [0.05, 0.1) is 31.9 Å². The van der Waals surface area contributed by atoms with Gasteiger partial charge in [0.2, 0.25) is 0 Å². The molecule has 2 N–H and O–H groups in total. The summed E-state index contributed by atoms with van der Waals surface area (Å²) in [5.74, 6) is -0.968. The predicted octanol–water partition coefficient (Wildman–Crippen LogP) is 1.96. The van der Waals surface area contributed by atoms with Crippen LogP contribution in [0.2, 0.25) is 5.02 Å². The van der Waals surface area contributed by atoms with Gasteiger partial charge in [0.1, 0.15) is 0 Å². The van der Waals surface area contributed by atoms with Gasteiger partial charge in [0.25, 0.3) is 0 Å². The molecular formula is C20H24ClN3O5.